The highest BCUT2D eigenvalue weighted by atomic mass is 15.2. The fourth-order valence-electron chi connectivity index (χ4n) is 3.15. The fourth-order valence-corrected chi connectivity index (χ4v) is 3.15. The maximum Gasteiger partial charge on any atom is 0.0125 e. The number of rotatable bonds is 0. The molecule has 2 heterocycles. The van der Waals surface area contributed by atoms with Gasteiger partial charge >= 0.3 is 0 Å². The third kappa shape index (κ3) is 2.54. The smallest absolute Gasteiger partial charge is 0.0125 e. The highest BCUT2D eigenvalue weighted by Crippen LogP contribution is 2.33. The predicted molar refractivity (Wildman–Crippen MR) is 65.0 cm³/mol. The lowest BCUT2D eigenvalue weighted by atomic mass is 9.79. The van der Waals surface area contributed by atoms with Crippen LogP contribution in [0.25, 0.3) is 0 Å². The summed E-state index contributed by atoms with van der Waals surface area (Å²) in [7, 11) is 2.27. The summed E-state index contributed by atoms with van der Waals surface area (Å²) in [4.78, 5) is 5.18. The molecule has 15 heavy (non-hydrogen) atoms. The normalized spacial score (nSPS) is 35.2. The van der Waals surface area contributed by atoms with Crippen LogP contribution in [-0.4, -0.2) is 48.6 Å². The summed E-state index contributed by atoms with van der Waals surface area (Å²) in [5.41, 5.74) is 0.362. The van der Waals surface area contributed by atoms with Crippen molar-refractivity contribution in [3.05, 3.63) is 0 Å². The highest BCUT2D eigenvalue weighted by Gasteiger charge is 2.36. The Bertz CT molecular complexity index is 219. The Morgan fingerprint density at radius 3 is 2.27 bits per heavy atom. The summed E-state index contributed by atoms with van der Waals surface area (Å²) in [6.07, 6.45) is 2.86. The first-order chi connectivity index (χ1) is 6.97. The minimum atomic E-state index is 0.362. The van der Waals surface area contributed by atoms with Crippen molar-refractivity contribution in [3.8, 4) is 0 Å². The Kier molecular flexibility index (Phi) is 3.09. The van der Waals surface area contributed by atoms with E-state index in [0.717, 1.165) is 11.8 Å². The molecule has 0 aromatic carbocycles. The Hall–Kier alpha value is -0.0800. The van der Waals surface area contributed by atoms with Gasteiger partial charge in [0, 0.05) is 18.6 Å². The van der Waals surface area contributed by atoms with E-state index in [9.17, 15) is 0 Å². The van der Waals surface area contributed by atoms with Crippen molar-refractivity contribution >= 4 is 0 Å². The van der Waals surface area contributed by atoms with Gasteiger partial charge in [-0.15, -0.1) is 0 Å². The van der Waals surface area contributed by atoms with E-state index in [1.165, 1.54) is 39.0 Å². The van der Waals surface area contributed by atoms with Gasteiger partial charge in [-0.25, -0.2) is 0 Å². The average molecular weight is 210 g/mol. The summed E-state index contributed by atoms with van der Waals surface area (Å²) in [6, 6.07) is 0. The van der Waals surface area contributed by atoms with Gasteiger partial charge in [-0.2, -0.15) is 0 Å². The molecule has 2 fully saturated rings. The highest BCUT2D eigenvalue weighted by molar-refractivity contribution is 4.90. The molecule has 0 radical (unpaired) electrons. The van der Waals surface area contributed by atoms with Crippen molar-refractivity contribution in [2.75, 3.05) is 33.2 Å². The van der Waals surface area contributed by atoms with Crippen molar-refractivity contribution in [3.63, 3.8) is 0 Å². The maximum atomic E-state index is 2.67. The van der Waals surface area contributed by atoms with Gasteiger partial charge in [0.15, 0.2) is 0 Å². The third-order valence-corrected chi connectivity index (χ3v) is 4.27. The molecule has 2 heteroatoms. The van der Waals surface area contributed by atoms with Crippen molar-refractivity contribution in [2.24, 2.45) is 11.8 Å². The molecule has 0 N–H and O–H groups in total. The van der Waals surface area contributed by atoms with Gasteiger partial charge in [-0.05, 0) is 65.6 Å². The van der Waals surface area contributed by atoms with Crippen LogP contribution in [0.1, 0.15) is 33.6 Å². The quantitative estimate of drug-likeness (QED) is 0.604. The number of hydrogen-bond acceptors (Lipinski definition) is 2. The Morgan fingerprint density at radius 1 is 0.933 bits per heavy atom. The fraction of sp³-hybridized carbons (Fsp3) is 1.00. The van der Waals surface area contributed by atoms with Gasteiger partial charge in [0.25, 0.3) is 0 Å². The number of piperidine rings is 2. The summed E-state index contributed by atoms with van der Waals surface area (Å²) >= 11 is 0. The third-order valence-electron chi connectivity index (χ3n) is 4.27. The van der Waals surface area contributed by atoms with Crippen LogP contribution in [0.2, 0.25) is 0 Å². The molecule has 0 aromatic heterocycles. The summed E-state index contributed by atoms with van der Waals surface area (Å²) in [5.74, 6) is 1.94. The molecule has 2 saturated heterocycles. The molecule has 0 aromatic rings. The molecule has 2 atom stereocenters. The van der Waals surface area contributed by atoms with Gasteiger partial charge in [0.2, 0.25) is 0 Å². The lowest BCUT2D eigenvalue weighted by Crippen LogP contribution is -2.54. The van der Waals surface area contributed by atoms with Crippen molar-refractivity contribution in [1.29, 1.82) is 0 Å². The van der Waals surface area contributed by atoms with Crippen LogP contribution in [0.3, 0.4) is 0 Å². The molecule has 0 bridgehead atoms. The van der Waals surface area contributed by atoms with Crippen molar-refractivity contribution < 1.29 is 0 Å². The first-order valence-electron chi connectivity index (χ1n) is 6.40. The van der Waals surface area contributed by atoms with E-state index in [2.05, 4.69) is 37.6 Å². The minimum absolute atomic E-state index is 0.362. The Morgan fingerprint density at radius 2 is 1.60 bits per heavy atom. The maximum absolute atomic E-state index is 2.67. The van der Waals surface area contributed by atoms with Crippen LogP contribution >= 0.6 is 0 Å². The van der Waals surface area contributed by atoms with Crippen LogP contribution in [0, 0.1) is 11.8 Å². The zero-order valence-corrected chi connectivity index (χ0v) is 10.8. The molecule has 88 valence electrons. The van der Waals surface area contributed by atoms with E-state index >= 15 is 0 Å². The minimum Gasteiger partial charge on any atom is -0.306 e. The topological polar surface area (TPSA) is 6.48 Å². The lowest BCUT2D eigenvalue weighted by molar-refractivity contribution is 0.00948. The van der Waals surface area contributed by atoms with E-state index in [1.54, 1.807) is 0 Å². The van der Waals surface area contributed by atoms with Crippen molar-refractivity contribution in [1.82, 2.24) is 9.80 Å². The van der Waals surface area contributed by atoms with Gasteiger partial charge in [0.05, 0.1) is 0 Å². The molecule has 2 unspecified atom stereocenters. The molecule has 0 saturated carbocycles. The van der Waals surface area contributed by atoms with Gasteiger partial charge in [0.1, 0.15) is 0 Å². The summed E-state index contributed by atoms with van der Waals surface area (Å²) in [6.45, 7) is 12.3. The molecule has 0 spiro atoms. The number of likely N-dealkylation sites (tertiary alicyclic amines) is 2. The van der Waals surface area contributed by atoms with Gasteiger partial charge < -0.3 is 4.90 Å². The number of nitrogens with zero attached hydrogens (tertiary/aromatic N) is 2. The van der Waals surface area contributed by atoms with Crippen LogP contribution < -0.4 is 0 Å². The Balaban J connectivity index is 1.97. The summed E-state index contributed by atoms with van der Waals surface area (Å²) < 4.78 is 0. The largest absolute Gasteiger partial charge is 0.306 e. The molecule has 2 rings (SSSR count). The van der Waals surface area contributed by atoms with Crippen LogP contribution in [0.5, 0.6) is 0 Å². The average Bonchev–Trinajstić information content (AvgIpc) is 2.15. The van der Waals surface area contributed by atoms with E-state index in [1.807, 2.05) is 0 Å². The molecular formula is C13H26N2. The SMILES string of the molecule is CN1CCC2CCN(C(C)(C)C)CC2C1. The van der Waals surface area contributed by atoms with Crippen molar-refractivity contribution in [2.45, 2.75) is 39.2 Å². The number of hydrogen-bond donors (Lipinski definition) is 0. The molecular weight excluding hydrogens is 184 g/mol. The van der Waals surface area contributed by atoms with Gasteiger partial charge in [-0.1, -0.05) is 0 Å². The van der Waals surface area contributed by atoms with Gasteiger partial charge in [-0.3, -0.25) is 4.90 Å². The van der Waals surface area contributed by atoms with E-state index in [0.29, 0.717) is 5.54 Å². The van der Waals surface area contributed by atoms with Crippen LogP contribution in [-0.2, 0) is 0 Å². The first-order valence-corrected chi connectivity index (χ1v) is 6.40. The standard InChI is InChI=1S/C13H26N2/c1-13(2,3)15-8-6-11-5-7-14(4)9-12(11)10-15/h11-12H,5-10H2,1-4H3. The Labute approximate surface area is 94.6 Å². The van der Waals surface area contributed by atoms with E-state index in [4.69, 9.17) is 0 Å². The monoisotopic (exact) mass is 210 g/mol. The van der Waals surface area contributed by atoms with E-state index in [-0.39, 0.29) is 0 Å². The zero-order chi connectivity index (χ0) is 11.1. The second kappa shape index (κ2) is 4.06. The second-order valence-corrected chi connectivity index (χ2v) is 6.48. The molecule has 0 aliphatic carbocycles. The van der Waals surface area contributed by atoms with Crippen LogP contribution in [0.15, 0.2) is 0 Å². The lowest BCUT2D eigenvalue weighted by Gasteiger charge is -2.48. The zero-order valence-electron chi connectivity index (χ0n) is 10.8. The first kappa shape index (κ1) is 11.4. The second-order valence-electron chi connectivity index (χ2n) is 6.48. The van der Waals surface area contributed by atoms with Crippen LogP contribution in [0.4, 0.5) is 0 Å². The molecule has 2 aliphatic heterocycles. The molecule has 2 nitrogen and oxygen atoms in total. The molecule has 2 aliphatic rings. The molecule has 0 amide bonds. The predicted octanol–water partition coefficient (Wildman–Crippen LogP) is 2.06. The summed E-state index contributed by atoms with van der Waals surface area (Å²) in [5, 5.41) is 0. The number of fused-ring (bicyclic) bond motifs is 1. The van der Waals surface area contributed by atoms with E-state index < -0.39 is 0 Å².